The minimum absolute atomic E-state index is 0.255. The largest absolute Gasteiger partial charge is 0.396 e. The summed E-state index contributed by atoms with van der Waals surface area (Å²) in [6.45, 7) is 0. The first-order valence-electron chi connectivity index (χ1n) is 6.16. The highest BCUT2D eigenvalue weighted by atomic mass is 14.9. The number of nitrogens with zero attached hydrogens (tertiary/aromatic N) is 1. The number of hydrogen-bond donors (Lipinski definition) is 5. The molecule has 6 nitrogen and oxygen atoms in total. The second-order valence-electron chi connectivity index (χ2n) is 4.50. The SMILES string of the molecule is CNc1cc(Cc2cc(N)nc(N)c2N)ccc1C=N. The lowest BCUT2D eigenvalue weighted by Gasteiger charge is -2.11. The van der Waals surface area contributed by atoms with Gasteiger partial charge in [0.25, 0.3) is 0 Å². The Hall–Kier alpha value is -2.76. The van der Waals surface area contributed by atoms with Crippen molar-refractivity contribution < 1.29 is 0 Å². The van der Waals surface area contributed by atoms with Crippen LogP contribution in [0.2, 0.25) is 0 Å². The van der Waals surface area contributed by atoms with E-state index in [1.165, 1.54) is 6.21 Å². The van der Waals surface area contributed by atoms with Crippen LogP contribution in [0.4, 0.5) is 23.0 Å². The van der Waals surface area contributed by atoms with Gasteiger partial charge in [0.2, 0.25) is 0 Å². The van der Waals surface area contributed by atoms with Gasteiger partial charge in [-0.1, -0.05) is 12.1 Å². The van der Waals surface area contributed by atoms with E-state index in [1.54, 1.807) is 6.07 Å². The first-order valence-corrected chi connectivity index (χ1v) is 6.16. The lowest BCUT2D eigenvalue weighted by atomic mass is 10.0. The Kier molecular flexibility index (Phi) is 3.74. The molecule has 1 aromatic heterocycles. The summed E-state index contributed by atoms with van der Waals surface area (Å²) in [5.41, 5.74) is 21.4. The maximum atomic E-state index is 7.34. The van der Waals surface area contributed by atoms with Gasteiger partial charge < -0.3 is 27.9 Å². The van der Waals surface area contributed by atoms with E-state index in [4.69, 9.17) is 22.6 Å². The minimum atomic E-state index is 0.255. The van der Waals surface area contributed by atoms with E-state index in [1.807, 2.05) is 25.2 Å². The van der Waals surface area contributed by atoms with Crippen molar-refractivity contribution in [3.8, 4) is 0 Å². The molecule has 1 aromatic carbocycles. The maximum absolute atomic E-state index is 7.34. The number of rotatable bonds is 4. The third kappa shape index (κ3) is 2.64. The Morgan fingerprint density at radius 1 is 1.25 bits per heavy atom. The Morgan fingerprint density at radius 2 is 2.00 bits per heavy atom. The lowest BCUT2D eigenvalue weighted by molar-refractivity contribution is 1.17. The summed E-state index contributed by atoms with van der Waals surface area (Å²) in [7, 11) is 1.82. The van der Waals surface area contributed by atoms with E-state index in [0.717, 1.165) is 22.4 Å². The molecule has 0 radical (unpaired) electrons. The Bertz CT molecular complexity index is 650. The molecule has 1 heterocycles. The molecule has 2 rings (SSSR count). The number of aromatic nitrogens is 1. The number of nitrogen functional groups attached to an aromatic ring is 3. The van der Waals surface area contributed by atoms with Crippen LogP contribution in [0.5, 0.6) is 0 Å². The van der Waals surface area contributed by atoms with Crippen LogP contribution in [0.1, 0.15) is 16.7 Å². The maximum Gasteiger partial charge on any atom is 0.149 e. The second-order valence-corrected chi connectivity index (χ2v) is 4.50. The number of nitrogens with one attached hydrogen (secondary N) is 2. The molecule has 0 spiro atoms. The fourth-order valence-corrected chi connectivity index (χ4v) is 2.07. The predicted octanol–water partition coefficient (Wildman–Crippen LogP) is 1.46. The van der Waals surface area contributed by atoms with Crippen molar-refractivity contribution in [2.24, 2.45) is 0 Å². The van der Waals surface area contributed by atoms with E-state index < -0.39 is 0 Å². The molecular formula is C14H18N6. The zero-order chi connectivity index (χ0) is 14.7. The number of hydrogen-bond acceptors (Lipinski definition) is 6. The van der Waals surface area contributed by atoms with Gasteiger partial charge in [0, 0.05) is 24.5 Å². The van der Waals surface area contributed by atoms with Crippen molar-refractivity contribution in [2.75, 3.05) is 29.6 Å². The summed E-state index contributed by atoms with van der Waals surface area (Å²) in [5.74, 6) is 0.613. The predicted molar refractivity (Wildman–Crippen MR) is 84.2 cm³/mol. The summed E-state index contributed by atoms with van der Waals surface area (Å²) < 4.78 is 0. The molecule has 2 aromatic rings. The highest BCUT2D eigenvalue weighted by Crippen LogP contribution is 2.25. The van der Waals surface area contributed by atoms with Crippen LogP contribution < -0.4 is 22.5 Å². The van der Waals surface area contributed by atoms with Crippen molar-refractivity contribution in [1.29, 1.82) is 5.41 Å². The fraction of sp³-hybridized carbons (Fsp3) is 0.143. The van der Waals surface area contributed by atoms with Crippen LogP contribution in [0, 0.1) is 5.41 Å². The topological polar surface area (TPSA) is 127 Å². The summed E-state index contributed by atoms with van der Waals surface area (Å²) in [6, 6.07) is 7.55. The van der Waals surface area contributed by atoms with Crippen LogP contribution >= 0.6 is 0 Å². The van der Waals surface area contributed by atoms with E-state index in [0.29, 0.717) is 17.9 Å². The van der Waals surface area contributed by atoms with E-state index in [-0.39, 0.29) is 5.82 Å². The van der Waals surface area contributed by atoms with Crippen molar-refractivity contribution in [2.45, 2.75) is 6.42 Å². The Labute approximate surface area is 117 Å². The minimum Gasteiger partial charge on any atom is -0.396 e. The molecule has 0 saturated carbocycles. The van der Waals surface area contributed by atoms with Gasteiger partial charge in [-0.15, -0.1) is 0 Å². The zero-order valence-electron chi connectivity index (χ0n) is 11.3. The van der Waals surface area contributed by atoms with E-state index in [9.17, 15) is 0 Å². The lowest BCUT2D eigenvalue weighted by Crippen LogP contribution is -2.06. The van der Waals surface area contributed by atoms with Crippen molar-refractivity contribution >= 4 is 29.2 Å². The smallest absolute Gasteiger partial charge is 0.149 e. The van der Waals surface area contributed by atoms with Gasteiger partial charge in [-0.2, -0.15) is 0 Å². The molecule has 0 saturated heterocycles. The summed E-state index contributed by atoms with van der Waals surface area (Å²) in [6.07, 6.45) is 1.92. The van der Waals surface area contributed by atoms with Crippen molar-refractivity contribution in [3.63, 3.8) is 0 Å². The van der Waals surface area contributed by atoms with Crippen LogP contribution in [-0.2, 0) is 6.42 Å². The fourth-order valence-electron chi connectivity index (χ4n) is 2.07. The quantitative estimate of drug-likeness (QED) is 0.537. The van der Waals surface area contributed by atoms with Crippen LogP contribution in [0.15, 0.2) is 24.3 Å². The van der Waals surface area contributed by atoms with Gasteiger partial charge in [0.1, 0.15) is 11.6 Å². The number of anilines is 4. The number of benzene rings is 1. The molecule has 8 N–H and O–H groups in total. The van der Waals surface area contributed by atoms with Crippen molar-refractivity contribution in [1.82, 2.24) is 4.98 Å². The first-order chi connectivity index (χ1) is 9.55. The highest BCUT2D eigenvalue weighted by molar-refractivity contribution is 5.86. The number of nitrogens with two attached hydrogens (primary N) is 3. The summed E-state index contributed by atoms with van der Waals surface area (Å²) >= 11 is 0. The summed E-state index contributed by atoms with van der Waals surface area (Å²) in [5, 5.41) is 10.4. The van der Waals surface area contributed by atoms with E-state index in [2.05, 4.69) is 10.3 Å². The van der Waals surface area contributed by atoms with E-state index >= 15 is 0 Å². The van der Waals surface area contributed by atoms with Gasteiger partial charge in [0.15, 0.2) is 0 Å². The van der Waals surface area contributed by atoms with Gasteiger partial charge in [0.05, 0.1) is 5.69 Å². The monoisotopic (exact) mass is 270 g/mol. The Balaban J connectivity index is 2.37. The second kappa shape index (κ2) is 5.48. The molecule has 0 unspecified atom stereocenters. The highest BCUT2D eigenvalue weighted by Gasteiger charge is 2.08. The van der Waals surface area contributed by atoms with Gasteiger partial charge in [-0.25, -0.2) is 4.98 Å². The van der Waals surface area contributed by atoms with Gasteiger partial charge >= 0.3 is 0 Å². The number of pyridine rings is 1. The van der Waals surface area contributed by atoms with Crippen molar-refractivity contribution in [3.05, 3.63) is 41.0 Å². The molecule has 20 heavy (non-hydrogen) atoms. The third-order valence-corrected chi connectivity index (χ3v) is 3.13. The third-order valence-electron chi connectivity index (χ3n) is 3.13. The van der Waals surface area contributed by atoms with Gasteiger partial charge in [-0.3, -0.25) is 0 Å². The Morgan fingerprint density at radius 3 is 2.65 bits per heavy atom. The average Bonchev–Trinajstić information content (AvgIpc) is 2.44. The molecule has 104 valence electrons. The van der Waals surface area contributed by atoms with Crippen LogP contribution in [-0.4, -0.2) is 18.2 Å². The molecule has 0 atom stereocenters. The standard InChI is InChI=1S/C14H18N6/c1-19-11-5-8(2-3-9(11)7-15)4-10-6-12(16)20-14(18)13(10)17/h2-3,5-7,15,19H,4,17H2,1H3,(H4,16,18,20). The average molecular weight is 270 g/mol. The first kappa shape index (κ1) is 13.7. The molecule has 0 fully saturated rings. The van der Waals surface area contributed by atoms with Crippen LogP contribution in [0.3, 0.4) is 0 Å². The molecule has 0 bridgehead atoms. The normalized spacial score (nSPS) is 10.2. The van der Waals surface area contributed by atoms with Gasteiger partial charge in [-0.05, 0) is 29.7 Å². The molecule has 0 aliphatic rings. The molecule has 0 aliphatic heterocycles. The molecule has 0 amide bonds. The molecule has 0 aliphatic carbocycles. The molecule has 6 heteroatoms. The summed E-state index contributed by atoms with van der Waals surface area (Å²) in [4.78, 5) is 3.92. The molecular weight excluding hydrogens is 252 g/mol. The zero-order valence-corrected chi connectivity index (χ0v) is 11.3. The van der Waals surface area contributed by atoms with Crippen LogP contribution in [0.25, 0.3) is 0 Å².